The zero-order valence-electron chi connectivity index (χ0n) is 12.7. The Morgan fingerprint density at radius 1 is 1.30 bits per heavy atom. The number of halogens is 1. The van der Waals surface area contributed by atoms with E-state index in [1.807, 2.05) is 60.1 Å². The van der Waals surface area contributed by atoms with Crippen molar-refractivity contribution in [3.05, 3.63) is 64.5 Å². The monoisotopic (exact) mass is 372 g/mol. The molecule has 2 aromatic heterocycles. The second-order valence-electron chi connectivity index (χ2n) is 5.29. The van der Waals surface area contributed by atoms with Crippen LogP contribution in [-0.4, -0.2) is 22.0 Å². The maximum Gasteiger partial charge on any atom is 0.319 e. The molecule has 6 heteroatoms. The van der Waals surface area contributed by atoms with Crippen LogP contribution in [0.1, 0.15) is 11.3 Å². The first-order valence-electron chi connectivity index (χ1n) is 7.35. The number of fused-ring (bicyclic) bond motifs is 1. The molecule has 0 saturated carbocycles. The van der Waals surface area contributed by atoms with Gasteiger partial charge in [0.15, 0.2) is 0 Å². The van der Waals surface area contributed by atoms with Crippen molar-refractivity contribution in [1.82, 2.24) is 14.7 Å². The van der Waals surface area contributed by atoms with Gasteiger partial charge in [-0.25, -0.2) is 9.78 Å². The number of aromatic nitrogens is 2. The van der Waals surface area contributed by atoms with Crippen LogP contribution in [0.5, 0.6) is 0 Å². The summed E-state index contributed by atoms with van der Waals surface area (Å²) in [6, 6.07) is 11.4. The predicted octanol–water partition coefficient (Wildman–Crippen LogP) is 3.77. The lowest BCUT2D eigenvalue weighted by Crippen LogP contribution is -2.30. The molecule has 2 amide bonds. The number of pyridine rings is 1. The van der Waals surface area contributed by atoms with Crippen LogP contribution in [0.4, 0.5) is 10.5 Å². The molecule has 1 aromatic carbocycles. The van der Waals surface area contributed by atoms with Crippen LogP contribution in [0.3, 0.4) is 0 Å². The van der Waals surface area contributed by atoms with Crippen molar-refractivity contribution in [1.29, 1.82) is 0 Å². The molecule has 0 radical (unpaired) electrons. The summed E-state index contributed by atoms with van der Waals surface area (Å²) in [6.07, 6.45) is 4.63. The largest absolute Gasteiger partial charge is 0.337 e. The summed E-state index contributed by atoms with van der Waals surface area (Å²) in [7, 11) is 0. The average Bonchev–Trinajstić information content (AvgIpc) is 2.93. The number of carbonyl (C=O) groups excluding carboxylic acids is 1. The Balaban J connectivity index is 1.51. The highest BCUT2D eigenvalue weighted by Gasteiger charge is 2.05. The zero-order valence-corrected chi connectivity index (χ0v) is 14.3. The van der Waals surface area contributed by atoms with Crippen LogP contribution in [0.15, 0.2) is 53.3 Å². The number of imidazole rings is 1. The van der Waals surface area contributed by atoms with Gasteiger partial charge in [0.05, 0.1) is 5.69 Å². The number of nitrogens with one attached hydrogen (secondary N) is 2. The van der Waals surface area contributed by atoms with Gasteiger partial charge in [-0.05, 0) is 42.8 Å². The minimum absolute atomic E-state index is 0.213. The first-order valence-corrected chi connectivity index (χ1v) is 8.15. The molecule has 3 aromatic rings. The molecular formula is C17H17BrN4O. The number of hydrogen-bond acceptors (Lipinski definition) is 2. The van der Waals surface area contributed by atoms with Crippen molar-refractivity contribution >= 4 is 33.3 Å². The summed E-state index contributed by atoms with van der Waals surface area (Å²) in [5.41, 5.74) is 3.72. The van der Waals surface area contributed by atoms with Gasteiger partial charge in [0, 0.05) is 35.5 Å². The van der Waals surface area contributed by atoms with E-state index >= 15 is 0 Å². The van der Waals surface area contributed by atoms with E-state index in [1.54, 1.807) is 0 Å². The van der Waals surface area contributed by atoms with Crippen LogP contribution in [0, 0.1) is 6.92 Å². The molecule has 0 bridgehead atoms. The van der Waals surface area contributed by atoms with Gasteiger partial charge >= 0.3 is 6.03 Å². The van der Waals surface area contributed by atoms with E-state index in [-0.39, 0.29) is 6.03 Å². The Bertz CT molecular complexity index is 810. The maximum atomic E-state index is 11.9. The number of anilines is 1. The maximum absolute atomic E-state index is 11.9. The van der Waals surface area contributed by atoms with E-state index in [0.717, 1.165) is 27.1 Å². The molecule has 0 spiro atoms. The fourth-order valence-corrected chi connectivity index (χ4v) is 2.56. The van der Waals surface area contributed by atoms with E-state index in [0.29, 0.717) is 13.0 Å². The van der Waals surface area contributed by atoms with E-state index in [9.17, 15) is 4.79 Å². The normalized spacial score (nSPS) is 10.7. The minimum atomic E-state index is -0.213. The van der Waals surface area contributed by atoms with Gasteiger partial charge in [0.1, 0.15) is 5.65 Å². The third-order valence-electron chi connectivity index (χ3n) is 3.50. The first kappa shape index (κ1) is 15.6. The first-order chi connectivity index (χ1) is 11.1. The van der Waals surface area contributed by atoms with Gasteiger partial charge in [-0.15, -0.1) is 0 Å². The molecule has 2 N–H and O–H groups in total. The minimum Gasteiger partial charge on any atom is -0.337 e. The van der Waals surface area contributed by atoms with Crippen LogP contribution >= 0.6 is 15.9 Å². The summed E-state index contributed by atoms with van der Waals surface area (Å²) in [5, 5.41) is 5.67. The highest BCUT2D eigenvalue weighted by atomic mass is 79.9. The van der Waals surface area contributed by atoms with E-state index in [4.69, 9.17) is 0 Å². The van der Waals surface area contributed by atoms with Crippen molar-refractivity contribution in [3.8, 4) is 0 Å². The zero-order chi connectivity index (χ0) is 16.2. The number of rotatable bonds is 4. The number of aryl methyl sites for hydroxylation is 1. The molecule has 0 fully saturated rings. The van der Waals surface area contributed by atoms with Gasteiger partial charge in [-0.3, -0.25) is 0 Å². The van der Waals surface area contributed by atoms with Crippen LogP contribution in [0.25, 0.3) is 5.65 Å². The van der Waals surface area contributed by atoms with Crippen LogP contribution in [-0.2, 0) is 6.42 Å². The molecule has 118 valence electrons. The fourth-order valence-electron chi connectivity index (χ4n) is 2.31. The molecule has 3 rings (SSSR count). The number of carbonyl (C=O) groups is 1. The highest BCUT2D eigenvalue weighted by molar-refractivity contribution is 9.10. The second kappa shape index (κ2) is 6.83. The summed E-state index contributed by atoms with van der Waals surface area (Å²) >= 11 is 3.44. The molecule has 0 saturated heterocycles. The Kier molecular flexibility index (Phi) is 4.62. The van der Waals surface area contributed by atoms with Crippen molar-refractivity contribution in [2.45, 2.75) is 13.3 Å². The SMILES string of the molecule is Cc1cc(NC(=O)NCCc2cn3ccccc3n2)ccc1Br. The summed E-state index contributed by atoms with van der Waals surface area (Å²) in [5.74, 6) is 0. The summed E-state index contributed by atoms with van der Waals surface area (Å²) < 4.78 is 3.00. The molecule has 0 unspecified atom stereocenters. The third kappa shape index (κ3) is 3.90. The van der Waals surface area contributed by atoms with Crippen molar-refractivity contribution in [3.63, 3.8) is 0 Å². The summed E-state index contributed by atoms with van der Waals surface area (Å²) in [4.78, 5) is 16.4. The van der Waals surface area contributed by atoms with Crippen LogP contribution in [0.2, 0.25) is 0 Å². The number of hydrogen-bond donors (Lipinski definition) is 2. The average molecular weight is 373 g/mol. The van der Waals surface area contributed by atoms with E-state index in [1.165, 1.54) is 0 Å². The predicted molar refractivity (Wildman–Crippen MR) is 94.8 cm³/mol. The van der Waals surface area contributed by atoms with Gasteiger partial charge in [0.2, 0.25) is 0 Å². The number of amides is 2. The molecule has 0 aliphatic heterocycles. The molecule has 0 aliphatic carbocycles. The van der Waals surface area contributed by atoms with Gasteiger partial charge < -0.3 is 15.0 Å². The lowest BCUT2D eigenvalue weighted by molar-refractivity contribution is 0.252. The number of nitrogens with zero attached hydrogens (tertiary/aromatic N) is 2. The third-order valence-corrected chi connectivity index (χ3v) is 4.39. The number of urea groups is 1. The molecule has 5 nitrogen and oxygen atoms in total. The van der Waals surface area contributed by atoms with Gasteiger partial charge in [-0.2, -0.15) is 0 Å². The lowest BCUT2D eigenvalue weighted by Gasteiger charge is -2.08. The standard InChI is InChI=1S/C17H17BrN4O/c1-12-10-13(5-6-15(12)18)21-17(23)19-8-7-14-11-22-9-3-2-4-16(22)20-14/h2-6,9-11H,7-8H2,1H3,(H2,19,21,23). The Morgan fingerprint density at radius 2 is 2.17 bits per heavy atom. The molecule has 0 atom stereocenters. The molecule has 0 aliphatic rings. The topological polar surface area (TPSA) is 58.4 Å². The van der Waals surface area contributed by atoms with Gasteiger partial charge in [-0.1, -0.05) is 22.0 Å². The summed E-state index contributed by atoms with van der Waals surface area (Å²) in [6.45, 7) is 2.52. The lowest BCUT2D eigenvalue weighted by atomic mass is 10.2. The highest BCUT2D eigenvalue weighted by Crippen LogP contribution is 2.19. The molecule has 2 heterocycles. The molecular weight excluding hydrogens is 356 g/mol. The van der Waals surface area contributed by atoms with Crippen molar-refractivity contribution in [2.24, 2.45) is 0 Å². The van der Waals surface area contributed by atoms with Gasteiger partial charge in [0.25, 0.3) is 0 Å². The smallest absolute Gasteiger partial charge is 0.319 e. The van der Waals surface area contributed by atoms with Crippen molar-refractivity contribution in [2.75, 3.05) is 11.9 Å². The Hall–Kier alpha value is -2.34. The van der Waals surface area contributed by atoms with Crippen molar-refractivity contribution < 1.29 is 4.79 Å². The Morgan fingerprint density at radius 3 is 2.96 bits per heavy atom. The second-order valence-corrected chi connectivity index (χ2v) is 6.15. The Labute approximate surface area is 142 Å². The number of benzene rings is 1. The quantitative estimate of drug-likeness (QED) is 0.732. The van der Waals surface area contributed by atoms with E-state index < -0.39 is 0 Å². The fraction of sp³-hybridized carbons (Fsp3) is 0.176. The van der Waals surface area contributed by atoms with E-state index in [2.05, 4.69) is 31.5 Å². The molecule has 23 heavy (non-hydrogen) atoms. The van der Waals surface area contributed by atoms with Crippen LogP contribution < -0.4 is 10.6 Å².